The number of anilines is 1. The van der Waals surface area contributed by atoms with E-state index in [9.17, 15) is 8.60 Å². The van der Waals surface area contributed by atoms with Crippen molar-refractivity contribution in [2.45, 2.75) is 88.8 Å². The summed E-state index contributed by atoms with van der Waals surface area (Å²) in [4.78, 5) is 2.65. The summed E-state index contributed by atoms with van der Waals surface area (Å²) >= 11 is 0. The van der Waals surface area contributed by atoms with Gasteiger partial charge in [0.15, 0.2) is 0 Å². The molecule has 5 N–H and O–H groups in total. The Morgan fingerprint density at radius 2 is 1.95 bits per heavy atom. The lowest BCUT2D eigenvalue weighted by atomic mass is 9.69. The second-order valence-corrected chi connectivity index (χ2v) is 16.0. The van der Waals surface area contributed by atoms with E-state index in [-0.39, 0.29) is 47.5 Å². The molecule has 0 aliphatic carbocycles. The van der Waals surface area contributed by atoms with Gasteiger partial charge in [-0.2, -0.15) is 0 Å². The minimum Gasteiger partial charge on any atom is -0.375 e. The Labute approximate surface area is 232 Å². The number of rotatable bonds is 5. The Hall–Kier alpha value is -1.34. The van der Waals surface area contributed by atoms with E-state index in [1.54, 1.807) is 18.6 Å². The lowest BCUT2D eigenvalue weighted by Crippen LogP contribution is -2.67. The molecule has 5 saturated heterocycles. The molecule has 5 heterocycles. The highest BCUT2D eigenvalue weighted by Gasteiger charge is 2.62. The standard InChI is InChI=1S/C28H46FN7O2S/c1-27(2)12-22-28(3,16-38-27)20-15-31-26(32-18-9-10-19(21(29)11-18)17-13-30-14-17)34-25(20)36(22)24-8-6-7-23(33-24)35-39(4,5)37/h9-11,17,20,22-26,30-34H,6-8,12-16H2,1-5H3/t20?,22-,23?,24?,25?,26?,28-/m0/s1. The van der Waals surface area contributed by atoms with E-state index in [1.807, 2.05) is 12.1 Å². The summed E-state index contributed by atoms with van der Waals surface area (Å²) in [5.74, 6) is 0.452. The summed E-state index contributed by atoms with van der Waals surface area (Å²) in [5.41, 5.74) is 1.33. The highest BCUT2D eigenvalue weighted by molar-refractivity contribution is 7.92. The monoisotopic (exact) mass is 563 g/mol. The number of piperidine rings is 1. The first-order valence-electron chi connectivity index (χ1n) is 14.5. The third-order valence-corrected chi connectivity index (χ3v) is 10.4. The maximum absolute atomic E-state index is 14.9. The van der Waals surface area contributed by atoms with Gasteiger partial charge in [-0.05, 0) is 57.2 Å². The first-order chi connectivity index (χ1) is 18.4. The zero-order valence-electron chi connectivity index (χ0n) is 23.9. The van der Waals surface area contributed by atoms with Crippen LogP contribution in [0.4, 0.5) is 10.1 Å². The Morgan fingerprint density at radius 3 is 2.64 bits per heavy atom. The zero-order chi connectivity index (χ0) is 27.6. The van der Waals surface area contributed by atoms with E-state index in [0.29, 0.717) is 18.6 Å². The van der Waals surface area contributed by atoms with Crippen molar-refractivity contribution in [2.24, 2.45) is 15.7 Å². The number of hydrogen-bond donors (Lipinski definition) is 5. The molecule has 11 heteroatoms. The fraction of sp³-hybridized carbons (Fsp3) is 0.786. The van der Waals surface area contributed by atoms with E-state index in [4.69, 9.17) is 4.74 Å². The molecular formula is C28H46FN7O2S. The molecule has 0 radical (unpaired) electrons. The normalized spacial score (nSPS) is 38.9. The van der Waals surface area contributed by atoms with Crippen molar-refractivity contribution >= 4 is 15.4 Å². The van der Waals surface area contributed by atoms with Gasteiger partial charge in [-0.25, -0.2) is 8.75 Å². The van der Waals surface area contributed by atoms with Gasteiger partial charge in [-0.15, -0.1) is 0 Å². The summed E-state index contributed by atoms with van der Waals surface area (Å²) in [6.07, 6.45) is 7.27. The number of fused-ring (bicyclic) bond motifs is 3. The van der Waals surface area contributed by atoms with Crippen LogP contribution >= 0.6 is 0 Å². The van der Waals surface area contributed by atoms with Gasteiger partial charge in [0.2, 0.25) is 0 Å². The molecule has 5 aliphatic rings. The molecule has 0 spiro atoms. The molecule has 6 rings (SSSR count). The van der Waals surface area contributed by atoms with Gasteiger partial charge in [0.25, 0.3) is 0 Å². The van der Waals surface area contributed by atoms with E-state index in [1.165, 1.54) is 0 Å². The molecule has 0 saturated carbocycles. The van der Waals surface area contributed by atoms with Crippen LogP contribution < -0.4 is 26.6 Å². The topological polar surface area (TPSA) is 102 Å². The highest BCUT2D eigenvalue weighted by Crippen LogP contribution is 2.53. The van der Waals surface area contributed by atoms with Crippen molar-refractivity contribution in [1.82, 2.24) is 26.2 Å². The van der Waals surface area contributed by atoms with Gasteiger partial charge in [-0.3, -0.25) is 25.1 Å². The van der Waals surface area contributed by atoms with Crippen LogP contribution in [0.3, 0.4) is 0 Å². The quantitative estimate of drug-likeness (QED) is 0.372. The van der Waals surface area contributed by atoms with E-state index < -0.39 is 9.73 Å². The smallest absolute Gasteiger partial charge is 0.133 e. The molecule has 1 aromatic carbocycles. The number of ether oxygens (including phenoxy) is 1. The second-order valence-electron chi connectivity index (χ2n) is 13.4. The third kappa shape index (κ3) is 5.48. The summed E-state index contributed by atoms with van der Waals surface area (Å²) in [5, 5.41) is 18.0. The van der Waals surface area contributed by atoms with Gasteiger partial charge < -0.3 is 15.4 Å². The molecule has 0 amide bonds. The zero-order valence-corrected chi connectivity index (χ0v) is 24.7. The Morgan fingerprint density at radius 1 is 1.15 bits per heavy atom. The Balaban J connectivity index is 1.25. The molecule has 0 bridgehead atoms. The SMILES string of the molecule is CC1(C)C[C@@H]2N(C3CCCC(N=S(C)(C)=O)N3)C3NC(Nc4ccc(C5CNC5)c(F)c4)NCC3[C@]2(C)CO1. The van der Waals surface area contributed by atoms with E-state index >= 15 is 0 Å². The van der Waals surface area contributed by atoms with Crippen molar-refractivity contribution in [3.05, 3.63) is 29.6 Å². The lowest BCUT2D eigenvalue weighted by Gasteiger charge is -2.49. The predicted molar refractivity (Wildman–Crippen MR) is 153 cm³/mol. The highest BCUT2D eigenvalue weighted by atomic mass is 32.2. The van der Waals surface area contributed by atoms with Gasteiger partial charge in [0.05, 0.1) is 24.5 Å². The van der Waals surface area contributed by atoms with Gasteiger partial charge >= 0.3 is 0 Å². The number of halogens is 1. The largest absolute Gasteiger partial charge is 0.375 e. The number of nitrogens with one attached hydrogen (secondary N) is 5. The molecule has 9 nitrogen and oxygen atoms in total. The second kappa shape index (κ2) is 10.2. The summed E-state index contributed by atoms with van der Waals surface area (Å²) in [7, 11) is -2.20. The average molecular weight is 564 g/mol. The van der Waals surface area contributed by atoms with Crippen molar-refractivity contribution in [3.8, 4) is 0 Å². The van der Waals surface area contributed by atoms with Gasteiger partial charge in [0, 0.05) is 70.9 Å². The van der Waals surface area contributed by atoms with Gasteiger partial charge in [-0.1, -0.05) is 13.0 Å². The van der Waals surface area contributed by atoms with Crippen LogP contribution in [0.5, 0.6) is 0 Å². The van der Waals surface area contributed by atoms with Crippen LogP contribution in [0.2, 0.25) is 0 Å². The predicted octanol–water partition coefficient (Wildman–Crippen LogP) is 2.39. The molecular weight excluding hydrogens is 517 g/mol. The van der Waals surface area contributed by atoms with Crippen LogP contribution in [0.25, 0.3) is 0 Å². The Kier molecular flexibility index (Phi) is 7.26. The van der Waals surface area contributed by atoms with E-state index in [2.05, 4.69) is 56.6 Å². The molecule has 1 aromatic rings. The van der Waals surface area contributed by atoms with Gasteiger partial charge in [0.1, 0.15) is 18.3 Å². The van der Waals surface area contributed by atoms with Crippen molar-refractivity contribution in [2.75, 3.05) is 44.1 Å². The van der Waals surface area contributed by atoms with E-state index in [0.717, 1.165) is 56.6 Å². The fourth-order valence-electron chi connectivity index (χ4n) is 7.43. The molecule has 5 fully saturated rings. The minimum atomic E-state index is -2.20. The first kappa shape index (κ1) is 27.8. The summed E-state index contributed by atoms with van der Waals surface area (Å²) in [6, 6.07) is 5.84. The average Bonchev–Trinajstić information content (AvgIpc) is 3.05. The summed E-state index contributed by atoms with van der Waals surface area (Å²) in [6.45, 7) is 9.98. The number of benzene rings is 1. The van der Waals surface area contributed by atoms with Crippen molar-refractivity contribution in [1.29, 1.82) is 0 Å². The molecule has 5 aliphatic heterocycles. The number of hydrogen-bond acceptors (Lipinski definition) is 9. The van der Waals surface area contributed by atoms with Crippen LogP contribution in [-0.4, -0.2) is 84.3 Å². The van der Waals surface area contributed by atoms with Crippen molar-refractivity contribution < 1.29 is 13.3 Å². The molecule has 5 unspecified atom stereocenters. The third-order valence-electron chi connectivity index (χ3n) is 9.62. The number of nitrogens with zero attached hydrogens (tertiary/aromatic N) is 2. The van der Waals surface area contributed by atoms with Crippen LogP contribution in [-0.2, 0) is 14.5 Å². The molecule has 39 heavy (non-hydrogen) atoms. The molecule has 218 valence electrons. The first-order valence-corrected chi connectivity index (χ1v) is 16.8. The lowest BCUT2D eigenvalue weighted by molar-refractivity contribution is -0.141. The van der Waals surface area contributed by atoms with Crippen LogP contribution in [0.1, 0.15) is 57.9 Å². The minimum absolute atomic E-state index is 0.0233. The number of likely N-dealkylation sites (tertiary alicyclic amines) is 1. The Bertz CT molecular complexity index is 1190. The maximum atomic E-state index is 14.9. The van der Waals surface area contributed by atoms with Crippen LogP contribution in [0, 0.1) is 17.2 Å². The summed E-state index contributed by atoms with van der Waals surface area (Å²) < 4.78 is 38.5. The molecule has 7 atom stereocenters. The van der Waals surface area contributed by atoms with Crippen LogP contribution in [0.15, 0.2) is 22.6 Å². The molecule has 0 aromatic heterocycles. The maximum Gasteiger partial charge on any atom is 0.133 e. The fourth-order valence-corrected chi connectivity index (χ4v) is 8.21. The van der Waals surface area contributed by atoms with Crippen molar-refractivity contribution in [3.63, 3.8) is 0 Å².